The van der Waals surface area contributed by atoms with Crippen molar-refractivity contribution in [2.45, 2.75) is 18.5 Å². The van der Waals surface area contributed by atoms with Crippen LogP contribution in [-0.4, -0.2) is 30.6 Å². The normalized spacial score (nSPS) is 15.6. The number of carbonyl (C=O) groups excluding carboxylic acids is 2. The first-order valence-electron chi connectivity index (χ1n) is 7.60. The molecule has 0 unspecified atom stereocenters. The Balaban J connectivity index is 1.94. The van der Waals surface area contributed by atoms with E-state index in [0.717, 1.165) is 23.1 Å². The number of benzene rings is 2. The van der Waals surface area contributed by atoms with Gasteiger partial charge in [-0.3, -0.25) is 14.5 Å². The fourth-order valence-electron chi connectivity index (χ4n) is 2.70. The Hall–Kier alpha value is -2.88. The van der Waals surface area contributed by atoms with Gasteiger partial charge in [-0.25, -0.2) is 0 Å². The van der Waals surface area contributed by atoms with Crippen molar-refractivity contribution in [3.8, 4) is 5.75 Å². The zero-order valence-corrected chi connectivity index (χ0v) is 14.5. The smallest absolute Gasteiger partial charge is 0.376 e. The van der Waals surface area contributed by atoms with Crippen LogP contribution in [0.1, 0.15) is 39.2 Å². The van der Waals surface area contributed by atoms with Crippen LogP contribution in [-0.2, 0) is 10.1 Å². The van der Waals surface area contributed by atoms with Gasteiger partial charge in [0.15, 0.2) is 0 Å². The van der Waals surface area contributed by atoms with E-state index in [1.54, 1.807) is 37.3 Å². The summed E-state index contributed by atoms with van der Waals surface area (Å²) < 4.78 is 63.6. The van der Waals surface area contributed by atoms with Crippen molar-refractivity contribution in [3.63, 3.8) is 0 Å². The van der Waals surface area contributed by atoms with Crippen molar-refractivity contribution < 1.29 is 35.4 Å². The molecule has 2 aromatic carbocycles. The van der Waals surface area contributed by atoms with Crippen LogP contribution in [0.15, 0.2) is 48.5 Å². The second kappa shape index (κ2) is 6.38. The number of rotatable bonds is 4. The first kappa shape index (κ1) is 18.9. The number of alkyl halides is 3. The topological polar surface area (TPSA) is 80.8 Å². The van der Waals surface area contributed by atoms with E-state index in [1.165, 1.54) is 0 Å². The van der Waals surface area contributed by atoms with Crippen molar-refractivity contribution in [1.82, 2.24) is 4.90 Å². The van der Waals surface area contributed by atoms with E-state index in [-0.39, 0.29) is 11.1 Å². The first-order valence-corrected chi connectivity index (χ1v) is 9.01. The summed E-state index contributed by atoms with van der Waals surface area (Å²) in [6.45, 7) is 1.63. The van der Waals surface area contributed by atoms with Crippen LogP contribution in [0.2, 0.25) is 0 Å². The molecule has 1 aliphatic rings. The van der Waals surface area contributed by atoms with Crippen molar-refractivity contribution in [2.75, 3.05) is 0 Å². The maximum absolute atomic E-state index is 12.6. The molecule has 142 valence electrons. The second-order valence-electron chi connectivity index (χ2n) is 5.76. The third-order valence-corrected chi connectivity index (χ3v) is 5.03. The lowest BCUT2D eigenvalue weighted by atomic mass is 10.1. The average Bonchev–Trinajstić information content (AvgIpc) is 2.84. The van der Waals surface area contributed by atoms with Gasteiger partial charge in [0.1, 0.15) is 5.75 Å². The number of hydrogen-bond acceptors (Lipinski definition) is 5. The van der Waals surface area contributed by atoms with Crippen LogP contribution >= 0.6 is 0 Å². The number of imide groups is 1. The van der Waals surface area contributed by atoms with E-state index in [9.17, 15) is 31.2 Å². The summed E-state index contributed by atoms with van der Waals surface area (Å²) >= 11 is 0. The van der Waals surface area contributed by atoms with Gasteiger partial charge in [-0.1, -0.05) is 30.3 Å². The molecule has 3 rings (SSSR count). The lowest BCUT2D eigenvalue weighted by Gasteiger charge is -2.22. The fraction of sp³-hybridized carbons (Fsp3) is 0.176. The highest BCUT2D eigenvalue weighted by atomic mass is 32.2. The van der Waals surface area contributed by atoms with Gasteiger partial charge in [0, 0.05) is 0 Å². The summed E-state index contributed by atoms with van der Waals surface area (Å²) in [5, 5.41) is 0. The Labute approximate surface area is 152 Å². The van der Waals surface area contributed by atoms with Crippen LogP contribution in [0.3, 0.4) is 0 Å². The molecular formula is C17H12F3NO5S. The Morgan fingerprint density at radius 1 is 0.963 bits per heavy atom. The van der Waals surface area contributed by atoms with Crippen molar-refractivity contribution in [1.29, 1.82) is 0 Å². The van der Waals surface area contributed by atoms with Gasteiger partial charge >= 0.3 is 15.6 Å². The Morgan fingerprint density at radius 2 is 1.56 bits per heavy atom. The quantitative estimate of drug-likeness (QED) is 0.448. The highest BCUT2D eigenvalue weighted by Gasteiger charge is 2.49. The predicted octanol–water partition coefficient (Wildman–Crippen LogP) is 3.27. The Morgan fingerprint density at radius 3 is 2.15 bits per heavy atom. The third-order valence-electron chi connectivity index (χ3n) is 4.05. The molecule has 1 aliphatic heterocycles. The maximum atomic E-state index is 12.6. The van der Waals surface area contributed by atoms with E-state index in [2.05, 4.69) is 4.18 Å². The fourth-order valence-corrected chi connectivity index (χ4v) is 3.15. The molecular weight excluding hydrogens is 387 g/mol. The standard InChI is InChI=1S/C17H12F3NO5S/c1-10(11-5-3-2-4-6-11)21-15(22)13-8-7-12(9-14(13)16(21)23)26-27(24,25)17(18,19)20/h2-10H,1H3/t10-/m1/s1. The van der Waals surface area contributed by atoms with E-state index in [1.807, 2.05) is 0 Å². The summed E-state index contributed by atoms with van der Waals surface area (Å²) in [6, 6.07) is 10.8. The molecule has 0 spiro atoms. The van der Waals surface area contributed by atoms with Crippen molar-refractivity contribution in [3.05, 3.63) is 65.2 Å². The molecule has 27 heavy (non-hydrogen) atoms. The van der Waals surface area contributed by atoms with Gasteiger partial charge in [-0.05, 0) is 30.7 Å². The van der Waals surface area contributed by atoms with Gasteiger partial charge in [0.2, 0.25) is 0 Å². The molecule has 0 aliphatic carbocycles. The van der Waals surface area contributed by atoms with Crippen LogP contribution in [0.4, 0.5) is 13.2 Å². The molecule has 0 radical (unpaired) electrons. The predicted molar refractivity (Wildman–Crippen MR) is 87.4 cm³/mol. The van der Waals surface area contributed by atoms with Gasteiger partial charge in [-0.15, -0.1) is 0 Å². The molecule has 0 fully saturated rings. The number of amides is 2. The summed E-state index contributed by atoms with van der Waals surface area (Å²) in [7, 11) is -5.88. The second-order valence-corrected chi connectivity index (χ2v) is 7.30. The number of hydrogen-bond donors (Lipinski definition) is 0. The van der Waals surface area contributed by atoms with Gasteiger partial charge in [0.05, 0.1) is 17.2 Å². The average molecular weight is 399 g/mol. The molecule has 6 nitrogen and oxygen atoms in total. The summed E-state index contributed by atoms with van der Waals surface area (Å²) in [6.07, 6.45) is 0. The summed E-state index contributed by atoms with van der Waals surface area (Å²) in [5.74, 6) is -2.08. The molecule has 0 aromatic heterocycles. The highest BCUT2D eigenvalue weighted by molar-refractivity contribution is 7.88. The number of nitrogens with zero attached hydrogens (tertiary/aromatic N) is 1. The highest BCUT2D eigenvalue weighted by Crippen LogP contribution is 2.34. The van der Waals surface area contributed by atoms with E-state index < -0.39 is 39.2 Å². The number of fused-ring (bicyclic) bond motifs is 1. The molecule has 2 amide bonds. The summed E-state index contributed by atoms with van der Waals surface area (Å²) in [4.78, 5) is 26.1. The summed E-state index contributed by atoms with van der Waals surface area (Å²) in [5.41, 5.74) is -5.19. The van der Waals surface area contributed by atoms with Gasteiger partial charge < -0.3 is 4.18 Å². The zero-order valence-electron chi connectivity index (χ0n) is 13.7. The maximum Gasteiger partial charge on any atom is 0.534 e. The zero-order chi connectivity index (χ0) is 20.0. The molecule has 0 saturated heterocycles. The lowest BCUT2D eigenvalue weighted by molar-refractivity contribution is -0.0500. The molecule has 1 heterocycles. The monoisotopic (exact) mass is 399 g/mol. The van der Waals surface area contributed by atoms with Gasteiger partial charge in [-0.2, -0.15) is 21.6 Å². The first-order chi connectivity index (χ1) is 12.5. The van der Waals surface area contributed by atoms with E-state index in [4.69, 9.17) is 0 Å². The molecule has 10 heteroatoms. The lowest BCUT2D eigenvalue weighted by Crippen LogP contribution is -2.32. The third kappa shape index (κ3) is 3.27. The largest absolute Gasteiger partial charge is 0.534 e. The molecule has 1 atom stereocenters. The SMILES string of the molecule is C[C@H](c1ccccc1)N1C(=O)c2ccc(OS(=O)(=O)C(F)(F)F)cc2C1=O. The number of halogens is 3. The Kier molecular flexibility index (Phi) is 4.46. The van der Waals surface area contributed by atoms with Crippen LogP contribution in [0.25, 0.3) is 0 Å². The molecule has 0 saturated carbocycles. The molecule has 0 bridgehead atoms. The van der Waals surface area contributed by atoms with Crippen LogP contribution < -0.4 is 4.18 Å². The molecule has 0 N–H and O–H groups in total. The minimum atomic E-state index is -5.88. The van der Waals surface area contributed by atoms with Crippen LogP contribution in [0.5, 0.6) is 5.75 Å². The van der Waals surface area contributed by atoms with Crippen molar-refractivity contribution >= 4 is 21.9 Å². The minimum absolute atomic E-state index is 0.0421. The minimum Gasteiger partial charge on any atom is -0.376 e. The van der Waals surface area contributed by atoms with Gasteiger partial charge in [0.25, 0.3) is 11.8 Å². The van der Waals surface area contributed by atoms with Crippen molar-refractivity contribution in [2.24, 2.45) is 0 Å². The van der Waals surface area contributed by atoms with Crippen LogP contribution in [0, 0.1) is 0 Å². The molecule has 2 aromatic rings. The number of carbonyl (C=O) groups is 2. The Bertz CT molecular complexity index is 1020. The van der Waals surface area contributed by atoms with E-state index in [0.29, 0.717) is 5.56 Å². The van der Waals surface area contributed by atoms with E-state index >= 15 is 0 Å².